The van der Waals surface area contributed by atoms with Gasteiger partial charge in [0, 0.05) is 16.3 Å². The summed E-state index contributed by atoms with van der Waals surface area (Å²) >= 11 is 3.16. The van der Waals surface area contributed by atoms with Gasteiger partial charge in [-0.15, -0.1) is 23.1 Å². The van der Waals surface area contributed by atoms with Crippen LogP contribution in [0.4, 0.5) is 4.39 Å². The number of thioether (sulfide) groups is 1. The van der Waals surface area contributed by atoms with Gasteiger partial charge in [-0.25, -0.2) is 9.37 Å². The highest BCUT2D eigenvalue weighted by atomic mass is 32.2. The molecular weight excluding hydrogens is 291 g/mol. The Morgan fingerprint density at radius 2 is 2.15 bits per heavy atom. The highest BCUT2D eigenvalue weighted by Gasteiger charge is 2.17. The van der Waals surface area contributed by atoms with Gasteiger partial charge in [0.05, 0.1) is 11.3 Å². The van der Waals surface area contributed by atoms with Crippen molar-refractivity contribution in [1.82, 2.24) is 4.98 Å². The molecule has 20 heavy (non-hydrogen) atoms. The number of nitrogens with zero attached hydrogens (tertiary/aromatic N) is 1. The van der Waals surface area contributed by atoms with Crippen LogP contribution < -0.4 is 5.73 Å². The predicted octanol–water partition coefficient (Wildman–Crippen LogP) is 4.47. The first-order valence-electron chi connectivity index (χ1n) is 6.81. The Morgan fingerprint density at radius 1 is 1.35 bits per heavy atom. The van der Waals surface area contributed by atoms with E-state index < -0.39 is 0 Å². The maximum atomic E-state index is 14.2. The molecule has 0 radical (unpaired) electrons. The minimum Gasteiger partial charge on any atom is -0.326 e. The predicted molar refractivity (Wildman–Crippen MR) is 85.8 cm³/mol. The van der Waals surface area contributed by atoms with Crippen molar-refractivity contribution in [2.45, 2.75) is 38.1 Å². The van der Waals surface area contributed by atoms with Gasteiger partial charge < -0.3 is 5.73 Å². The highest BCUT2D eigenvalue weighted by molar-refractivity contribution is 7.99. The molecule has 0 spiro atoms. The van der Waals surface area contributed by atoms with E-state index in [9.17, 15) is 4.39 Å². The van der Waals surface area contributed by atoms with Crippen LogP contribution >= 0.6 is 23.1 Å². The van der Waals surface area contributed by atoms with Crippen LogP contribution in [0, 0.1) is 5.82 Å². The molecule has 0 aliphatic rings. The molecule has 1 aromatic carbocycles. The molecule has 0 unspecified atom stereocenters. The van der Waals surface area contributed by atoms with Gasteiger partial charge in [0.25, 0.3) is 0 Å². The van der Waals surface area contributed by atoms with Crippen molar-refractivity contribution in [1.29, 1.82) is 0 Å². The van der Waals surface area contributed by atoms with Crippen LogP contribution in [0.5, 0.6) is 0 Å². The standard InChI is InChI=1S/C15H19FN2S2/c1-3-6-11-13(9-17)20-15(18-11)14-10(16)7-5-8-12(14)19-4-2/h5,7-8H,3-4,6,9,17H2,1-2H3. The summed E-state index contributed by atoms with van der Waals surface area (Å²) in [5.74, 6) is 0.705. The van der Waals surface area contributed by atoms with E-state index in [1.165, 1.54) is 17.4 Å². The summed E-state index contributed by atoms with van der Waals surface area (Å²) in [6.07, 6.45) is 1.91. The van der Waals surface area contributed by atoms with E-state index >= 15 is 0 Å². The normalized spacial score (nSPS) is 11.0. The molecule has 0 amide bonds. The van der Waals surface area contributed by atoms with E-state index in [0.717, 1.165) is 39.1 Å². The summed E-state index contributed by atoms with van der Waals surface area (Å²) in [6.45, 7) is 4.65. The zero-order valence-electron chi connectivity index (χ0n) is 11.8. The number of thiazole rings is 1. The SMILES string of the molecule is CCCc1nc(-c2c(F)cccc2SCC)sc1CN. The van der Waals surface area contributed by atoms with Crippen LogP contribution in [0.15, 0.2) is 23.1 Å². The maximum absolute atomic E-state index is 14.2. The van der Waals surface area contributed by atoms with Gasteiger partial charge >= 0.3 is 0 Å². The van der Waals surface area contributed by atoms with Crippen molar-refractivity contribution in [3.05, 3.63) is 34.6 Å². The van der Waals surface area contributed by atoms with E-state index in [0.29, 0.717) is 12.1 Å². The lowest BCUT2D eigenvalue weighted by molar-refractivity contribution is 0.628. The number of hydrogen-bond acceptors (Lipinski definition) is 4. The molecule has 0 atom stereocenters. The van der Waals surface area contributed by atoms with Gasteiger partial charge in [-0.3, -0.25) is 0 Å². The summed E-state index contributed by atoms with van der Waals surface area (Å²) in [5.41, 5.74) is 7.42. The zero-order chi connectivity index (χ0) is 14.5. The Labute approximate surface area is 127 Å². The largest absolute Gasteiger partial charge is 0.326 e. The molecule has 0 fully saturated rings. The van der Waals surface area contributed by atoms with Crippen LogP contribution in [0.25, 0.3) is 10.6 Å². The Kier molecular flexibility index (Phi) is 5.57. The van der Waals surface area contributed by atoms with Crippen LogP contribution in [0.3, 0.4) is 0 Å². The second-order valence-electron chi connectivity index (χ2n) is 4.39. The summed E-state index contributed by atoms with van der Waals surface area (Å²) < 4.78 is 14.2. The average molecular weight is 310 g/mol. The second-order valence-corrected chi connectivity index (χ2v) is 6.78. The molecule has 2 nitrogen and oxygen atoms in total. The third kappa shape index (κ3) is 3.22. The molecule has 0 bridgehead atoms. The lowest BCUT2D eigenvalue weighted by Crippen LogP contribution is -1.98. The van der Waals surface area contributed by atoms with Gasteiger partial charge in [-0.1, -0.05) is 26.3 Å². The number of aromatic nitrogens is 1. The van der Waals surface area contributed by atoms with Crippen molar-refractivity contribution >= 4 is 23.1 Å². The molecule has 0 aliphatic carbocycles. The smallest absolute Gasteiger partial charge is 0.134 e. The number of benzene rings is 1. The van der Waals surface area contributed by atoms with E-state index in [1.807, 2.05) is 6.07 Å². The first-order chi connectivity index (χ1) is 9.71. The highest BCUT2D eigenvalue weighted by Crippen LogP contribution is 2.37. The van der Waals surface area contributed by atoms with Crippen LogP contribution in [0.1, 0.15) is 30.8 Å². The van der Waals surface area contributed by atoms with Crippen LogP contribution in [-0.4, -0.2) is 10.7 Å². The third-order valence-electron chi connectivity index (χ3n) is 2.94. The summed E-state index contributed by atoms with van der Waals surface area (Å²) in [6, 6.07) is 5.20. The zero-order valence-corrected chi connectivity index (χ0v) is 13.4. The Hall–Kier alpha value is -0.910. The molecule has 108 valence electrons. The van der Waals surface area contributed by atoms with Crippen molar-refractivity contribution in [2.75, 3.05) is 5.75 Å². The van der Waals surface area contributed by atoms with Crippen molar-refractivity contribution in [3.8, 4) is 10.6 Å². The fourth-order valence-electron chi connectivity index (χ4n) is 2.07. The molecule has 5 heteroatoms. The first kappa shape index (κ1) is 15.5. The summed E-state index contributed by atoms with van der Waals surface area (Å²) in [4.78, 5) is 6.65. The molecule has 2 rings (SSSR count). The monoisotopic (exact) mass is 310 g/mol. The third-order valence-corrected chi connectivity index (χ3v) is 5.02. The van der Waals surface area contributed by atoms with Gasteiger partial charge in [0.1, 0.15) is 10.8 Å². The molecule has 0 aliphatic heterocycles. The van der Waals surface area contributed by atoms with Crippen molar-refractivity contribution < 1.29 is 4.39 Å². The summed E-state index contributed by atoms with van der Waals surface area (Å²) in [7, 11) is 0. The number of aryl methyl sites for hydroxylation is 1. The van der Waals surface area contributed by atoms with Crippen molar-refractivity contribution in [2.24, 2.45) is 5.73 Å². The first-order valence-corrected chi connectivity index (χ1v) is 8.61. The molecule has 1 aromatic heterocycles. The number of hydrogen-bond donors (Lipinski definition) is 1. The van der Waals surface area contributed by atoms with E-state index in [-0.39, 0.29) is 5.82 Å². The maximum Gasteiger partial charge on any atom is 0.134 e. The Balaban J connectivity index is 2.50. The fraction of sp³-hybridized carbons (Fsp3) is 0.400. The molecule has 0 saturated carbocycles. The molecular formula is C15H19FN2S2. The molecule has 2 N–H and O–H groups in total. The van der Waals surface area contributed by atoms with Crippen molar-refractivity contribution in [3.63, 3.8) is 0 Å². The minimum absolute atomic E-state index is 0.205. The number of nitrogens with two attached hydrogens (primary N) is 1. The molecule has 1 heterocycles. The lowest BCUT2D eigenvalue weighted by atomic mass is 10.2. The molecule has 2 aromatic rings. The van der Waals surface area contributed by atoms with Gasteiger partial charge in [0.2, 0.25) is 0 Å². The fourth-order valence-corrected chi connectivity index (χ4v) is 4.01. The summed E-state index contributed by atoms with van der Waals surface area (Å²) in [5, 5.41) is 0.753. The van der Waals surface area contributed by atoms with Crippen LogP contribution in [-0.2, 0) is 13.0 Å². The van der Waals surface area contributed by atoms with E-state index in [1.54, 1.807) is 17.8 Å². The van der Waals surface area contributed by atoms with E-state index in [4.69, 9.17) is 5.73 Å². The van der Waals surface area contributed by atoms with E-state index in [2.05, 4.69) is 18.8 Å². The lowest BCUT2D eigenvalue weighted by Gasteiger charge is -2.06. The minimum atomic E-state index is -0.205. The molecule has 0 saturated heterocycles. The quantitative estimate of drug-likeness (QED) is 0.800. The van der Waals surface area contributed by atoms with Crippen LogP contribution in [0.2, 0.25) is 0 Å². The Bertz CT molecular complexity index is 581. The number of rotatable bonds is 6. The van der Waals surface area contributed by atoms with Gasteiger partial charge in [0.15, 0.2) is 0 Å². The average Bonchev–Trinajstić information content (AvgIpc) is 2.82. The van der Waals surface area contributed by atoms with Gasteiger partial charge in [-0.2, -0.15) is 0 Å². The topological polar surface area (TPSA) is 38.9 Å². The second kappa shape index (κ2) is 7.20. The Morgan fingerprint density at radius 3 is 2.80 bits per heavy atom. The van der Waals surface area contributed by atoms with Gasteiger partial charge in [-0.05, 0) is 24.3 Å². The number of halogens is 1.